The molecule has 0 unspecified atom stereocenters. The van der Waals surface area contributed by atoms with Gasteiger partial charge in [-0.05, 0) is 50.1 Å². The molecule has 0 spiro atoms. The van der Waals surface area contributed by atoms with Crippen molar-refractivity contribution in [3.05, 3.63) is 70.4 Å². The Balaban J connectivity index is 1.53. The average molecular weight is 524 g/mol. The third-order valence-corrected chi connectivity index (χ3v) is 6.46. The number of benzene rings is 2. The van der Waals surface area contributed by atoms with Gasteiger partial charge in [-0.15, -0.1) is 0 Å². The maximum absolute atomic E-state index is 13.4. The van der Waals surface area contributed by atoms with Crippen LogP contribution in [0.5, 0.6) is 5.75 Å². The van der Waals surface area contributed by atoms with Gasteiger partial charge < -0.3 is 25.4 Å². The summed E-state index contributed by atoms with van der Waals surface area (Å²) >= 11 is 6.37. The van der Waals surface area contributed by atoms with E-state index >= 15 is 0 Å². The fourth-order valence-electron chi connectivity index (χ4n) is 4.25. The summed E-state index contributed by atoms with van der Waals surface area (Å²) in [5.74, 6) is 0.326. The molecule has 2 atom stereocenters. The Morgan fingerprint density at radius 2 is 2.00 bits per heavy atom. The van der Waals surface area contributed by atoms with Crippen molar-refractivity contribution in [1.29, 1.82) is 0 Å². The van der Waals surface area contributed by atoms with Gasteiger partial charge in [-0.25, -0.2) is 9.97 Å². The number of amides is 2. The monoisotopic (exact) mass is 523 g/mol. The number of aliphatic hydroxyl groups is 1. The second kappa shape index (κ2) is 11.1. The normalized spacial score (nSPS) is 14.4. The van der Waals surface area contributed by atoms with Crippen molar-refractivity contribution in [2.24, 2.45) is 0 Å². The molecule has 1 aromatic heterocycles. The standard InChI is InChI=1S/C27H30ClN5O4/c1-15(2)30-27-29-12-22(28)24(32-27)18-8-9-19-13-33(26(36)21(19)11-18)23(14-34)25(35)31-16(3)17-6-5-7-20(10-17)37-4/h5-12,15-16,23,34H,13-14H2,1-4H3,(H,31,35)(H,29,30,32)/t16-,23-/m1/s1. The van der Waals surface area contributed by atoms with E-state index in [9.17, 15) is 14.7 Å². The summed E-state index contributed by atoms with van der Waals surface area (Å²) in [6.45, 7) is 5.49. The number of nitrogens with zero attached hydrogens (tertiary/aromatic N) is 3. The lowest BCUT2D eigenvalue weighted by Crippen LogP contribution is -2.49. The Kier molecular flexibility index (Phi) is 7.94. The largest absolute Gasteiger partial charge is 0.497 e. The Bertz CT molecular complexity index is 1320. The average Bonchev–Trinajstić information content (AvgIpc) is 3.20. The number of carbonyl (C=O) groups is 2. The molecule has 0 aliphatic carbocycles. The molecule has 10 heteroatoms. The van der Waals surface area contributed by atoms with Crippen LogP contribution in [0.15, 0.2) is 48.7 Å². The summed E-state index contributed by atoms with van der Waals surface area (Å²) in [5.41, 5.74) is 3.20. The first-order valence-electron chi connectivity index (χ1n) is 12.0. The van der Waals surface area contributed by atoms with E-state index in [2.05, 4.69) is 20.6 Å². The number of nitrogens with one attached hydrogen (secondary N) is 2. The molecule has 194 valence electrons. The van der Waals surface area contributed by atoms with Crippen molar-refractivity contribution in [3.63, 3.8) is 0 Å². The molecule has 0 bridgehead atoms. The fraction of sp³-hybridized carbons (Fsp3) is 0.333. The Labute approximate surface area is 220 Å². The molecule has 3 aromatic rings. The molecule has 4 rings (SSSR count). The van der Waals surface area contributed by atoms with Gasteiger partial charge in [0, 0.05) is 23.7 Å². The second-order valence-corrected chi connectivity index (χ2v) is 9.61. The third-order valence-electron chi connectivity index (χ3n) is 6.18. The van der Waals surface area contributed by atoms with Gasteiger partial charge in [-0.1, -0.05) is 35.9 Å². The highest BCUT2D eigenvalue weighted by atomic mass is 35.5. The van der Waals surface area contributed by atoms with Crippen LogP contribution in [0.4, 0.5) is 5.95 Å². The first-order chi connectivity index (χ1) is 17.7. The lowest BCUT2D eigenvalue weighted by molar-refractivity contribution is -0.127. The molecule has 37 heavy (non-hydrogen) atoms. The zero-order valence-electron chi connectivity index (χ0n) is 21.2. The van der Waals surface area contributed by atoms with Gasteiger partial charge in [0.15, 0.2) is 0 Å². The fourth-order valence-corrected chi connectivity index (χ4v) is 4.45. The van der Waals surface area contributed by atoms with E-state index in [-0.39, 0.29) is 24.5 Å². The molecule has 0 saturated heterocycles. The lowest BCUT2D eigenvalue weighted by Gasteiger charge is -2.27. The number of fused-ring (bicyclic) bond motifs is 1. The lowest BCUT2D eigenvalue weighted by atomic mass is 10.0. The molecule has 2 heterocycles. The van der Waals surface area contributed by atoms with Crippen molar-refractivity contribution in [2.45, 2.75) is 45.4 Å². The van der Waals surface area contributed by atoms with Gasteiger partial charge in [-0.3, -0.25) is 9.59 Å². The SMILES string of the molecule is COc1cccc([C@@H](C)NC(=O)[C@@H](CO)N2Cc3ccc(-c4nc(NC(C)C)ncc4Cl)cc3C2=O)c1. The second-order valence-electron chi connectivity index (χ2n) is 9.20. The number of methoxy groups -OCH3 is 1. The quantitative estimate of drug-likeness (QED) is 0.390. The molecular weight excluding hydrogens is 494 g/mol. The minimum Gasteiger partial charge on any atom is -0.497 e. The van der Waals surface area contributed by atoms with Crippen molar-refractivity contribution in [2.75, 3.05) is 19.0 Å². The molecule has 3 N–H and O–H groups in total. The molecule has 1 aliphatic rings. The van der Waals surface area contributed by atoms with Crippen LogP contribution < -0.4 is 15.4 Å². The minimum atomic E-state index is -1.04. The van der Waals surface area contributed by atoms with Gasteiger partial charge in [0.2, 0.25) is 11.9 Å². The number of carbonyl (C=O) groups excluding carboxylic acids is 2. The van der Waals surface area contributed by atoms with Crippen LogP contribution in [-0.4, -0.2) is 57.6 Å². The predicted molar refractivity (Wildman–Crippen MR) is 142 cm³/mol. The highest BCUT2D eigenvalue weighted by molar-refractivity contribution is 6.33. The number of hydrogen-bond donors (Lipinski definition) is 3. The number of aliphatic hydroxyl groups excluding tert-OH is 1. The summed E-state index contributed by atoms with van der Waals surface area (Å²) in [5, 5.41) is 16.5. The minimum absolute atomic E-state index is 0.136. The molecule has 9 nitrogen and oxygen atoms in total. The predicted octanol–water partition coefficient (Wildman–Crippen LogP) is 3.82. The Morgan fingerprint density at radius 1 is 1.22 bits per heavy atom. The number of rotatable bonds is 9. The van der Waals surface area contributed by atoms with E-state index in [0.29, 0.717) is 33.5 Å². The van der Waals surface area contributed by atoms with Crippen LogP contribution in [0.3, 0.4) is 0 Å². The first-order valence-corrected chi connectivity index (χ1v) is 12.4. The van der Waals surface area contributed by atoms with Gasteiger partial charge >= 0.3 is 0 Å². The smallest absolute Gasteiger partial charge is 0.255 e. The Morgan fingerprint density at radius 3 is 2.70 bits per heavy atom. The summed E-state index contributed by atoms with van der Waals surface area (Å²) in [6.07, 6.45) is 1.52. The van der Waals surface area contributed by atoms with E-state index < -0.39 is 18.6 Å². The zero-order valence-corrected chi connectivity index (χ0v) is 21.9. The number of anilines is 1. The van der Waals surface area contributed by atoms with Crippen LogP contribution >= 0.6 is 11.6 Å². The highest BCUT2D eigenvalue weighted by Crippen LogP contribution is 2.32. The Hall–Kier alpha value is -3.69. The van der Waals surface area contributed by atoms with Crippen LogP contribution in [0, 0.1) is 0 Å². The summed E-state index contributed by atoms with van der Waals surface area (Å²) in [7, 11) is 1.58. The van der Waals surface area contributed by atoms with Crippen molar-refractivity contribution in [3.8, 4) is 17.0 Å². The van der Waals surface area contributed by atoms with Crippen LogP contribution in [-0.2, 0) is 11.3 Å². The molecule has 0 saturated carbocycles. The van der Waals surface area contributed by atoms with Gasteiger partial charge in [0.1, 0.15) is 11.8 Å². The van der Waals surface area contributed by atoms with Crippen molar-refractivity contribution in [1.82, 2.24) is 20.2 Å². The molecule has 1 aliphatic heterocycles. The number of ether oxygens (including phenoxy) is 1. The molecule has 0 fully saturated rings. The van der Waals surface area contributed by atoms with Crippen LogP contribution in [0.2, 0.25) is 5.02 Å². The van der Waals surface area contributed by atoms with E-state index in [1.807, 2.05) is 57.2 Å². The first kappa shape index (κ1) is 26.4. The van der Waals surface area contributed by atoms with E-state index in [1.54, 1.807) is 13.2 Å². The van der Waals surface area contributed by atoms with Crippen LogP contribution in [0.25, 0.3) is 11.3 Å². The third kappa shape index (κ3) is 5.68. The van der Waals surface area contributed by atoms with Crippen LogP contribution in [0.1, 0.15) is 48.3 Å². The van der Waals surface area contributed by atoms with E-state index in [4.69, 9.17) is 16.3 Å². The molecule has 0 radical (unpaired) electrons. The zero-order chi connectivity index (χ0) is 26.7. The van der Waals surface area contributed by atoms with E-state index in [1.165, 1.54) is 11.1 Å². The molecule has 2 amide bonds. The van der Waals surface area contributed by atoms with E-state index in [0.717, 1.165) is 11.1 Å². The molecular formula is C27H30ClN5O4. The highest BCUT2D eigenvalue weighted by Gasteiger charge is 2.36. The topological polar surface area (TPSA) is 117 Å². The summed E-state index contributed by atoms with van der Waals surface area (Å²) < 4.78 is 5.26. The summed E-state index contributed by atoms with van der Waals surface area (Å²) in [6, 6.07) is 11.5. The summed E-state index contributed by atoms with van der Waals surface area (Å²) in [4.78, 5) is 36.6. The number of aromatic nitrogens is 2. The van der Waals surface area contributed by atoms with Gasteiger partial charge in [0.05, 0.1) is 36.7 Å². The number of halogens is 1. The van der Waals surface area contributed by atoms with Gasteiger partial charge in [-0.2, -0.15) is 0 Å². The van der Waals surface area contributed by atoms with Crippen molar-refractivity contribution < 1.29 is 19.4 Å². The van der Waals surface area contributed by atoms with Gasteiger partial charge in [0.25, 0.3) is 5.91 Å². The maximum atomic E-state index is 13.4. The molecule has 2 aromatic carbocycles. The van der Waals surface area contributed by atoms with Crippen molar-refractivity contribution >= 4 is 29.4 Å². The number of hydrogen-bond acceptors (Lipinski definition) is 7. The maximum Gasteiger partial charge on any atom is 0.255 e.